The monoisotopic (exact) mass is 213 g/mol. The molecule has 0 radical (unpaired) electrons. The van der Waals surface area contributed by atoms with E-state index in [9.17, 15) is 5.11 Å². The molecule has 1 fully saturated rings. The van der Waals surface area contributed by atoms with Crippen LogP contribution < -0.4 is 5.32 Å². The summed E-state index contributed by atoms with van der Waals surface area (Å²) in [5.41, 5.74) is -0.845. The average molecular weight is 213 g/mol. The topological polar surface area (TPSA) is 80.4 Å². The molecule has 1 aliphatic heterocycles. The number of hydrogen-bond donors (Lipinski definition) is 2. The zero-order valence-corrected chi connectivity index (χ0v) is 8.86. The van der Waals surface area contributed by atoms with Crippen LogP contribution in [0.25, 0.3) is 0 Å². The van der Waals surface area contributed by atoms with Gasteiger partial charge < -0.3 is 19.7 Å². The van der Waals surface area contributed by atoms with Gasteiger partial charge in [-0.3, -0.25) is 0 Å². The third kappa shape index (κ3) is 2.10. The first-order chi connectivity index (χ1) is 7.10. The van der Waals surface area contributed by atoms with Crippen molar-refractivity contribution in [3.8, 4) is 0 Å². The number of aliphatic hydroxyl groups is 1. The molecule has 1 aliphatic rings. The van der Waals surface area contributed by atoms with Crippen molar-refractivity contribution in [3.63, 3.8) is 0 Å². The molecule has 0 bridgehead atoms. The molecule has 6 heteroatoms. The second-order valence-electron chi connectivity index (χ2n) is 3.87. The van der Waals surface area contributed by atoms with E-state index in [2.05, 4.69) is 15.5 Å². The minimum atomic E-state index is -0.845. The molecule has 2 rings (SSSR count). The van der Waals surface area contributed by atoms with Crippen LogP contribution in [0.15, 0.2) is 4.52 Å². The number of aryl methyl sites for hydroxylation is 1. The van der Waals surface area contributed by atoms with Crippen molar-refractivity contribution in [2.45, 2.75) is 32.0 Å². The van der Waals surface area contributed by atoms with Crippen molar-refractivity contribution in [3.05, 3.63) is 5.82 Å². The van der Waals surface area contributed by atoms with Gasteiger partial charge in [-0.05, 0) is 13.8 Å². The number of anilines is 1. The SMILES string of the molecule is Cc1noc(NCC2(O)CCOC2C)n1. The number of rotatable bonds is 3. The fourth-order valence-electron chi connectivity index (χ4n) is 1.60. The molecule has 2 unspecified atom stereocenters. The lowest BCUT2D eigenvalue weighted by Gasteiger charge is -2.25. The van der Waals surface area contributed by atoms with Crippen molar-refractivity contribution in [2.75, 3.05) is 18.5 Å². The molecule has 2 N–H and O–H groups in total. The molecule has 0 aliphatic carbocycles. The van der Waals surface area contributed by atoms with Crippen LogP contribution in [-0.4, -0.2) is 40.1 Å². The highest BCUT2D eigenvalue weighted by molar-refractivity contribution is 5.19. The second kappa shape index (κ2) is 3.79. The molecule has 0 saturated carbocycles. The number of ether oxygens (including phenoxy) is 1. The van der Waals surface area contributed by atoms with E-state index in [1.807, 2.05) is 6.92 Å². The van der Waals surface area contributed by atoms with Gasteiger partial charge in [-0.1, -0.05) is 5.16 Å². The van der Waals surface area contributed by atoms with E-state index in [1.54, 1.807) is 6.92 Å². The highest BCUT2D eigenvalue weighted by atomic mass is 16.5. The molecule has 0 aromatic carbocycles. The van der Waals surface area contributed by atoms with E-state index in [4.69, 9.17) is 9.26 Å². The van der Waals surface area contributed by atoms with Crippen LogP contribution >= 0.6 is 0 Å². The Kier molecular flexibility index (Phi) is 2.62. The van der Waals surface area contributed by atoms with Gasteiger partial charge in [0, 0.05) is 13.0 Å². The first-order valence-corrected chi connectivity index (χ1v) is 4.98. The smallest absolute Gasteiger partial charge is 0.321 e. The number of aromatic nitrogens is 2. The summed E-state index contributed by atoms with van der Waals surface area (Å²) < 4.78 is 10.2. The zero-order valence-electron chi connectivity index (χ0n) is 8.86. The summed E-state index contributed by atoms with van der Waals surface area (Å²) >= 11 is 0. The number of hydrogen-bond acceptors (Lipinski definition) is 6. The maximum absolute atomic E-state index is 10.2. The summed E-state index contributed by atoms with van der Waals surface area (Å²) in [6.45, 7) is 4.54. The normalized spacial score (nSPS) is 30.7. The molecule has 0 amide bonds. The first-order valence-electron chi connectivity index (χ1n) is 4.98. The van der Waals surface area contributed by atoms with Crippen LogP contribution in [0.3, 0.4) is 0 Å². The first kappa shape index (κ1) is 10.4. The summed E-state index contributed by atoms with van der Waals surface area (Å²) in [5.74, 6) is 0.570. The summed E-state index contributed by atoms with van der Waals surface area (Å²) in [5, 5.41) is 16.7. The lowest BCUT2D eigenvalue weighted by Crippen LogP contribution is -2.43. The Balaban J connectivity index is 1.92. The van der Waals surface area contributed by atoms with Crippen LogP contribution in [0.2, 0.25) is 0 Å². The molecule has 1 saturated heterocycles. The summed E-state index contributed by atoms with van der Waals surface area (Å²) in [4.78, 5) is 3.99. The molecule has 1 aromatic heterocycles. The zero-order chi connectivity index (χ0) is 10.9. The lowest BCUT2D eigenvalue weighted by molar-refractivity contribution is -0.0179. The molecule has 6 nitrogen and oxygen atoms in total. The van der Waals surface area contributed by atoms with E-state index in [-0.39, 0.29) is 6.10 Å². The minimum Gasteiger partial charge on any atom is -0.385 e. The van der Waals surface area contributed by atoms with Gasteiger partial charge in [0.1, 0.15) is 5.60 Å². The van der Waals surface area contributed by atoms with Gasteiger partial charge in [0.25, 0.3) is 0 Å². The van der Waals surface area contributed by atoms with Gasteiger partial charge in [0.2, 0.25) is 0 Å². The molecule has 15 heavy (non-hydrogen) atoms. The van der Waals surface area contributed by atoms with Gasteiger partial charge in [-0.15, -0.1) is 0 Å². The Hall–Kier alpha value is -1.14. The summed E-state index contributed by atoms with van der Waals surface area (Å²) in [7, 11) is 0. The van der Waals surface area contributed by atoms with Gasteiger partial charge in [-0.25, -0.2) is 0 Å². The van der Waals surface area contributed by atoms with Gasteiger partial charge in [0.05, 0.1) is 12.6 Å². The molecule has 2 atom stereocenters. The van der Waals surface area contributed by atoms with E-state index >= 15 is 0 Å². The molecule has 2 heterocycles. The number of nitrogens with one attached hydrogen (secondary N) is 1. The fourth-order valence-corrected chi connectivity index (χ4v) is 1.60. The summed E-state index contributed by atoms with van der Waals surface area (Å²) in [6, 6.07) is 0.333. The standard InChI is InChI=1S/C9H15N3O3/c1-6-9(13,3-4-14-6)5-10-8-11-7(2)12-15-8/h6,13H,3-5H2,1-2H3,(H,10,11,12). The van der Waals surface area contributed by atoms with Crippen LogP contribution in [0.1, 0.15) is 19.2 Å². The highest BCUT2D eigenvalue weighted by Crippen LogP contribution is 2.25. The highest BCUT2D eigenvalue weighted by Gasteiger charge is 2.39. The van der Waals surface area contributed by atoms with Crippen LogP contribution in [0.5, 0.6) is 0 Å². The lowest BCUT2D eigenvalue weighted by atomic mass is 9.97. The third-order valence-electron chi connectivity index (χ3n) is 2.73. The Bertz CT molecular complexity index is 341. The minimum absolute atomic E-state index is 0.172. The van der Waals surface area contributed by atoms with E-state index in [1.165, 1.54) is 0 Å². The van der Waals surface area contributed by atoms with E-state index < -0.39 is 5.60 Å². The second-order valence-corrected chi connectivity index (χ2v) is 3.87. The van der Waals surface area contributed by atoms with Crippen LogP contribution in [0, 0.1) is 6.92 Å². The maximum atomic E-state index is 10.2. The molecule has 0 spiro atoms. The van der Waals surface area contributed by atoms with E-state index in [0.717, 1.165) is 0 Å². The average Bonchev–Trinajstić information content (AvgIpc) is 2.73. The van der Waals surface area contributed by atoms with Gasteiger partial charge >= 0.3 is 6.01 Å². The Morgan fingerprint density at radius 2 is 2.47 bits per heavy atom. The van der Waals surface area contributed by atoms with Crippen molar-refractivity contribution in [1.29, 1.82) is 0 Å². The van der Waals surface area contributed by atoms with Crippen molar-refractivity contribution in [1.82, 2.24) is 10.1 Å². The fraction of sp³-hybridized carbons (Fsp3) is 0.778. The molecule has 84 valence electrons. The Morgan fingerprint density at radius 3 is 3.00 bits per heavy atom. The Labute approximate surface area is 87.6 Å². The largest absolute Gasteiger partial charge is 0.385 e. The molecular formula is C9H15N3O3. The van der Waals surface area contributed by atoms with Crippen LogP contribution in [0.4, 0.5) is 6.01 Å². The third-order valence-corrected chi connectivity index (χ3v) is 2.73. The predicted molar refractivity (Wildman–Crippen MR) is 52.5 cm³/mol. The van der Waals surface area contributed by atoms with Crippen molar-refractivity contribution < 1.29 is 14.4 Å². The summed E-state index contributed by atoms with van der Waals surface area (Å²) in [6.07, 6.45) is 0.447. The van der Waals surface area contributed by atoms with E-state index in [0.29, 0.717) is 31.4 Å². The Morgan fingerprint density at radius 1 is 1.67 bits per heavy atom. The van der Waals surface area contributed by atoms with Gasteiger partial charge in [0.15, 0.2) is 5.82 Å². The predicted octanol–water partition coefficient (Wildman–Crippen LogP) is 0.330. The maximum Gasteiger partial charge on any atom is 0.321 e. The quantitative estimate of drug-likeness (QED) is 0.753. The van der Waals surface area contributed by atoms with Gasteiger partial charge in [-0.2, -0.15) is 4.98 Å². The molecular weight excluding hydrogens is 198 g/mol. The molecule has 1 aromatic rings. The van der Waals surface area contributed by atoms with Crippen LogP contribution in [-0.2, 0) is 4.74 Å². The number of nitrogens with zero attached hydrogens (tertiary/aromatic N) is 2. The van der Waals surface area contributed by atoms with Crippen molar-refractivity contribution >= 4 is 6.01 Å². The van der Waals surface area contributed by atoms with Crippen molar-refractivity contribution in [2.24, 2.45) is 0 Å².